The highest BCUT2D eigenvalue weighted by Gasteiger charge is 2.25. The Morgan fingerprint density at radius 3 is 1.91 bits per heavy atom. The fraction of sp³-hybridized carbons (Fsp3) is 0.270. The van der Waals surface area contributed by atoms with E-state index < -0.39 is 5.97 Å². The first-order valence-electron chi connectivity index (χ1n) is 14.6. The molecule has 4 aromatic carbocycles. The first-order valence-corrected chi connectivity index (χ1v) is 14.6. The molecule has 2 N–H and O–H groups in total. The lowest BCUT2D eigenvalue weighted by atomic mass is 9.86. The van der Waals surface area contributed by atoms with Crippen LogP contribution in [0.1, 0.15) is 64.5 Å². The second kappa shape index (κ2) is 12.6. The van der Waals surface area contributed by atoms with Gasteiger partial charge >= 0.3 is 5.97 Å². The van der Waals surface area contributed by atoms with Crippen LogP contribution in [-0.4, -0.2) is 27.8 Å². The number of carbonyl (C=O) groups is 1. The zero-order chi connectivity index (χ0) is 30.2. The maximum Gasteiger partial charge on any atom is 0.353 e. The third-order valence-corrected chi connectivity index (χ3v) is 7.35. The fourth-order valence-corrected chi connectivity index (χ4v) is 5.41. The molecule has 1 aromatic heterocycles. The molecule has 0 radical (unpaired) electrons. The average Bonchev–Trinajstić information content (AvgIpc) is 3.28. The number of aromatic nitrogens is 1. The SMILES string of the molecule is CC(C)Nc1ccc(-n2c(C(=O)O)c(-c3ccc(OC(C)C)cc3)c3cc(-c4ccc(C(C)(C)C)cc4)ccc32)cc1.Cl. The summed E-state index contributed by atoms with van der Waals surface area (Å²) in [6, 6.07) is 30.8. The van der Waals surface area contributed by atoms with Crippen molar-refractivity contribution in [2.75, 3.05) is 5.32 Å². The van der Waals surface area contributed by atoms with Crippen LogP contribution in [0.25, 0.3) is 38.8 Å². The van der Waals surface area contributed by atoms with Gasteiger partial charge in [0, 0.05) is 28.4 Å². The Morgan fingerprint density at radius 2 is 1.37 bits per heavy atom. The highest BCUT2D eigenvalue weighted by atomic mass is 35.5. The summed E-state index contributed by atoms with van der Waals surface area (Å²) in [4.78, 5) is 13.0. The average molecular weight is 597 g/mol. The van der Waals surface area contributed by atoms with Crippen molar-refractivity contribution in [3.63, 3.8) is 0 Å². The van der Waals surface area contributed by atoms with E-state index in [1.165, 1.54) is 5.56 Å². The van der Waals surface area contributed by atoms with Crippen LogP contribution in [0.5, 0.6) is 5.75 Å². The molecule has 224 valence electrons. The lowest BCUT2D eigenvalue weighted by molar-refractivity contribution is 0.0689. The summed E-state index contributed by atoms with van der Waals surface area (Å²) in [5.41, 5.74) is 7.82. The predicted octanol–water partition coefficient (Wildman–Crippen LogP) is 9.99. The monoisotopic (exact) mass is 596 g/mol. The molecule has 0 atom stereocenters. The van der Waals surface area contributed by atoms with E-state index in [1.807, 2.05) is 73.0 Å². The zero-order valence-electron chi connectivity index (χ0n) is 25.9. The van der Waals surface area contributed by atoms with Gasteiger partial charge in [-0.05, 0) is 104 Å². The number of aromatic carboxylic acids is 1. The molecule has 0 aliphatic rings. The van der Waals surface area contributed by atoms with Gasteiger partial charge in [0.15, 0.2) is 0 Å². The van der Waals surface area contributed by atoms with Gasteiger partial charge in [0.2, 0.25) is 0 Å². The summed E-state index contributed by atoms with van der Waals surface area (Å²) < 4.78 is 7.72. The van der Waals surface area contributed by atoms with E-state index in [0.29, 0.717) is 11.6 Å². The molecule has 0 spiro atoms. The van der Waals surface area contributed by atoms with E-state index in [2.05, 4.69) is 76.3 Å². The van der Waals surface area contributed by atoms with Gasteiger partial charge in [-0.1, -0.05) is 63.2 Å². The first kappa shape index (κ1) is 31.7. The van der Waals surface area contributed by atoms with Gasteiger partial charge in [0.05, 0.1) is 11.6 Å². The summed E-state index contributed by atoms with van der Waals surface area (Å²) in [5, 5.41) is 14.9. The van der Waals surface area contributed by atoms with Crippen molar-refractivity contribution in [3.05, 3.63) is 102 Å². The number of benzene rings is 4. The summed E-state index contributed by atoms with van der Waals surface area (Å²) in [6.45, 7) is 14.8. The third-order valence-electron chi connectivity index (χ3n) is 7.35. The molecule has 0 aliphatic carbocycles. The molecule has 0 aliphatic heterocycles. The van der Waals surface area contributed by atoms with E-state index >= 15 is 0 Å². The van der Waals surface area contributed by atoms with Gasteiger partial charge in [-0.2, -0.15) is 0 Å². The van der Waals surface area contributed by atoms with Crippen LogP contribution in [0.4, 0.5) is 5.69 Å². The molecule has 0 unspecified atom stereocenters. The highest BCUT2D eigenvalue weighted by Crippen LogP contribution is 2.40. The number of nitrogens with zero attached hydrogens (tertiary/aromatic N) is 1. The van der Waals surface area contributed by atoms with E-state index in [0.717, 1.165) is 44.7 Å². The van der Waals surface area contributed by atoms with Gasteiger partial charge in [-0.25, -0.2) is 4.79 Å². The number of ether oxygens (including phenoxy) is 1. The molecule has 0 fully saturated rings. The van der Waals surface area contributed by atoms with Crippen molar-refractivity contribution in [3.8, 4) is 33.7 Å². The minimum Gasteiger partial charge on any atom is -0.491 e. The van der Waals surface area contributed by atoms with E-state index in [4.69, 9.17) is 4.74 Å². The summed E-state index contributed by atoms with van der Waals surface area (Å²) in [7, 11) is 0. The van der Waals surface area contributed by atoms with Crippen molar-refractivity contribution >= 4 is 35.0 Å². The Morgan fingerprint density at radius 1 is 0.791 bits per heavy atom. The van der Waals surface area contributed by atoms with E-state index in [9.17, 15) is 9.90 Å². The molecule has 43 heavy (non-hydrogen) atoms. The number of hydrogen-bond donors (Lipinski definition) is 2. The smallest absolute Gasteiger partial charge is 0.353 e. The molecule has 0 saturated carbocycles. The maximum absolute atomic E-state index is 13.0. The van der Waals surface area contributed by atoms with Crippen LogP contribution < -0.4 is 10.1 Å². The number of carboxylic acid groups (broad SMARTS) is 1. The van der Waals surface area contributed by atoms with Crippen LogP contribution in [0.15, 0.2) is 91.0 Å². The lowest BCUT2D eigenvalue weighted by Crippen LogP contribution is -2.10. The quantitative estimate of drug-likeness (QED) is 0.187. The van der Waals surface area contributed by atoms with Crippen LogP contribution in [0.2, 0.25) is 0 Å². The van der Waals surface area contributed by atoms with E-state index in [1.54, 1.807) is 0 Å². The van der Waals surface area contributed by atoms with Crippen LogP contribution in [0, 0.1) is 0 Å². The standard InChI is InChI=1S/C37H40N2O3.ClH/c1-23(2)38-29-15-17-30(18-16-29)39-33-21-12-27(25-8-13-28(14-9-25)37(5,6)7)22-32(33)34(35(39)36(40)41)26-10-19-31(20-11-26)42-24(3)4;/h8-24,38H,1-7H3,(H,40,41);1H. The normalized spacial score (nSPS) is 11.6. The van der Waals surface area contributed by atoms with Gasteiger partial charge in [0.25, 0.3) is 0 Å². The number of carboxylic acids is 1. The minimum absolute atomic E-state index is 0. The van der Waals surface area contributed by atoms with Gasteiger partial charge in [-0.15, -0.1) is 12.4 Å². The predicted molar refractivity (Wildman–Crippen MR) is 182 cm³/mol. The van der Waals surface area contributed by atoms with Crippen molar-refractivity contribution in [1.29, 1.82) is 0 Å². The molecule has 5 nitrogen and oxygen atoms in total. The summed E-state index contributed by atoms with van der Waals surface area (Å²) in [6.07, 6.45) is 0.0488. The molecule has 0 amide bonds. The van der Waals surface area contributed by atoms with Crippen LogP contribution >= 0.6 is 12.4 Å². The van der Waals surface area contributed by atoms with Crippen molar-refractivity contribution in [2.45, 2.75) is 66.0 Å². The molecule has 0 bridgehead atoms. The molecule has 0 saturated heterocycles. The molecular formula is C37H41ClN2O3. The Bertz CT molecular complexity index is 1710. The number of nitrogens with one attached hydrogen (secondary N) is 1. The molecule has 5 rings (SSSR count). The van der Waals surface area contributed by atoms with Gasteiger partial charge < -0.3 is 19.7 Å². The number of halogens is 1. The van der Waals surface area contributed by atoms with Gasteiger partial charge in [0.1, 0.15) is 11.4 Å². The number of hydrogen-bond acceptors (Lipinski definition) is 3. The number of rotatable bonds is 8. The fourth-order valence-electron chi connectivity index (χ4n) is 5.41. The second-order valence-electron chi connectivity index (χ2n) is 12.5. The number of anilines is 1. The molecule has 1 heterocycles. The van der Waals surface area contributed by atoms with Crippen LogP contribution in [-0.2, 0) is 5.41 Å². The second-order valence-corrected chi connectivity index (χ2v) is 12.5. The molecular weight excluding hydrogens is 556 g/mol. The minimum atomic E-state index is -0.982. The van der Waals surface area contributed by atoms with Crippen molar-refractivity contribution < 1.29 is 14.6 Å². The molecule has 6 heteroatoms. The van der Waals surface area contributed by atoms with Crippen LogP contribution in [0.3, 0.4) is 0 Å². The van der Waals surface area contributed by atoms with Crippen molar-refractivity contribution in [2.24, 2.45) is 0 Å². The Kier molecular flexibility index (Phi) is 9.26. The Balaban J connectivity index is 0.00000423. The summed E-state index contributed by atoms with van der Waals surface area (Å²) in [5.74, 6) is -0.230. The summed E-state index contributed by atoms with van der Waals surface area (Å²) >= 11 is 0. The van der Waals surface area contributed by atoms with E-state index in [-0.39, 0.29) is 29.6 Å². The Labute approximate surface area is 260 Å². The van der Waals surface area contributed by atoms with Gasteiger partial charge in [-0.3, -0.25) is 0 Å². The third kappa shape index (κ3) is 6.73. The first-order chi connectivity index (χ1) is 19.9. The zero-order valence-corrected chi connectivity index (χ0v) is 26.8. The molecule has 5 aromatic rings. The lowest BCUT2D eigenvalue weighted by Gasteiger charge is -2.19. The topological polar surface area (TPSA) is 63.5 Å². The largest absolute Gasteiger partial charge is 0.491 e. The Hall–Kier alpha value is -4.22. The maximum atomic E-state index is 13.0. The number of fused-ring (bicyclic) bond motifs is 1. The van der Waals surface area contributed by atoms with Crippen molar-refractivity contribution in [1.82, 2.24) is 4.57 Å². The highest BCUT2D eigenvalue weighted by molar-refractivity contribution is 6.10.